The van der Waals surface area contributed by atoms with Crippen molar-refractivity contribution in [1.29, 1.82) is 0 Å². The van der Waals surface area contributed by atoms with E-state index in [4.69, 9.17) is 98.5 Å². The molecule has 0 aliphatic carbocycles. The molecule has 30 unspecified atom stereocenters. The van der Waals surface area contributed by atoms with Crippen LogP contribution in [0.4, 0.5) is 0 Å². The van der Waals surface area contributed by atoms with E-state index in [1.54, 1.807) is 72.8 Å². The van der Waals surface area contributed by atoms with Gasteiger partial charge in [0.25, 0.3) is 35.4 Å². The number of aliphatic hydroxyl groups excluding tert-OH is 24. The van der Waals surface area contributed by atoms with Crippen LogP contribution in [0.3, 0.4) is 0 Å². The molecule has 0 bridgehead atoms. The molecular weight excluding hydrogens is 1920 g/mol. The first kappa shape index (κ1) is 116. The van der Waals surface area contributed by atoms with Crippen LogP contribution in [-0.2, 0) is 87.8 Å². The molecule has 6 fully saturated rings. The number of rotatable bonds is 24. The van der Waals surface area contributed by atoms with E-state index >= 15 is 0 Å². The number of amides is 6. The average molecular weight is 2030 g/mol. The molecule has 0 aromatic heterocycles. The van der Waals surface area contributed by atoms with Gasteiger partial charge in [-0.25, -0.2) is 39.4 Å². The summed E-state index contributed by atoms with van der Waals surface area (Å²) >= 11 is 0. The van der Waals surface area contributed by atoms with Gasteiger partial charge in [0.1, 0.15) is 146 Å². The Bertz CT molecular complexity index is 4330. The Kier molecular flexibility index (Phi) is 47.9. The summed E-state index contributed by atoms with van der Waals surface area (Å²) < 4.78 is 29.8. The standard InChI is InChI=1S/6C15H18N2O6.Tc/c6*1-16-6-8-2-4-9(5-3-8)14(21)17-11-13(20)12(19)10(7-18)23-15(11)22;/h6*2-5,10-13,15,18-20,22H,6-7H2,(H,17,21);/q;;;;;;+7. The molecule has 30 N–H and O–H groups in total. The van der Waals surface area contributed by atoms with E-state index in [-0.39, 0.29) is 92.8 Å². The molecule has 30 atom stereocenters. The monoisotopic (exact) mass is 2030 g/mol. The Balaban J connectivity index is 0.000000255. The Morgan fingerprint density at radius 2 is 0.317 bits per heavy atom. The minimum atomic E-state index is -1.56. The van der Waals surface area contributed by atoms with E-state index in [9.17, 15) is 121 Å². The van der Waals surface area contributed by atoms with Crippen molar-refractivity contribution >= 4 is 35.4 Å². The van der Waals surface area contributed by atoms with Crippen LogP contribution in [0.5, 0.6) is 0 Å². The first-order valence-electron chi connectivity index (χ1n) is 42.1. The van der Waals surface area contributed by atoms with E-state index in [2.05, 4.69) is 61.0 Å². The minimum absolute atomic E-state index is 0. The summed E-state index contributed by atoms with van der Waals surface area (Å²) in [6.07, 6.45) is -33.6. The van der Waals surface area contributed by atoms with Gasteiger partial charge in [0.05, 0.1) is 39.6 Å². The fraction of sp³-hybridized carbons (Fsp3) is 0.467. The minimum Gasteiger partial charge on any atom is -0.394 e. The van der Waals surface area contributed by atoms with Gasteiger partial charge in [0, 0.05) is 66.8 Å². The average Bonchev–Trinajstić information content (AvgIpc) is 0.827. The molecule has 0 radical (unpaired) electrons. The third kappa shape index (κ3) is 32.3. The predicted molar refractivity (Wildman–Crippen MR) is 468 cm³/mol. The molecule has 6 aliphatic heterocycles. The molecule has 0 saturated carbocycles. The van der Waals surface area contributed by atoms with Gasteiger partial charge >= 0.3 is 20.1 Å². The molecule has 48 nitrogen and oxygen atoms in total. The molecule has 6 aliphatic rings. The molecular formula is C90H108N12O36Tc+7. The fourth-order valence-electron chi connectivity index (χ4n) is 14.0. The van der Waals surface area contributed by atoms with Gasteiger partial charge < -0.3 is 212 Å². The number of nitrogens with one attached hydrogen (secondary N) is 6. The Morgan fingerprint density at radius 3 is 0.410 bits per heavy atom. The van der Waals surface area contributed by atoms with Crippen LogP contribution in [0, 0.1) is 39.4 Å². The van der Waals surface area contributed by atoms with Crippen molar-refractivity contribution in [1.82, 2.24) is 31.9 Å². The van der Waals surface area contributed by atoms with Crippen LogP contribution in [0.1, 0.15) is 95.5 Å². The zero-order valence-corrected chi connectivity index (χ0v) is 75.2. The second-order valence-corrected chi connectivity index (χ2v) is 31.4. The van der Waals surface area contributed by atoms with E-state index < -0.39 is 259 Å². The number of carbonyl (C=O) groups excluding carboxylic acids is 6. The molecule has 6 saturated heterocycles. The van der Waals surface area contributed by atoms with Crippen molar-refractivity contribution in [3.05, 3.63) is 281 Å². The predicted octanol–water partition coefficient (Wildman–Crippen LogP) is -8.19. The van der Waals surface area contributed by atoms with Crippen molar-refractivity contribution in [2.45, 2.75) is 223 Å². The summed E-state index contributed by atoms with van der Waals surface area (Å²) in [7, 11) is 0. The molecule has 6 heterocycles. The van der Waals surface area contributed by atoms with Crippen molar-refractivity contribution in [3.8, 4) is 0 Å². The van der Waals surface area contributed by atoms with Gasteiger partial charge in [-0.15, -0.1) is 0 Å². The van der Waals surface area contributed by atoms with Gasteiger partial charge in [0.15, 0.2) is 37.7 Å². The quantitative estimate of drug-likeness (QED) is 0.0250. The number of benzene rings is 6. The molecule has 139 heavy (non-hydrogen) atoms. The third-order valence-corrected chi connectivity index (χ3v) is 22.1. The zero-order valence-electron chi connectivity index (χ0n) is 73.4. The Morgan fingerprint density at radius 1 is 0.209 bits per heavy atom. The smallest absolute Gasteiger partial charge is 0.394 e. The number of hydrogen-bond donors (Lipinski definition) is 30. The number of hydrogen-bond acceptors (Lipinski definition) is 36. The fourth-order valence-corrected chi connectivity index (χ4v) is 14.0. The van der Waals surface area contributed by atoms with Gasteiger partial charge in [0.2, 0.25) is 39.3 Å². The van der Waals surface area contributed by atoms with Crippen LogP contribution in [0.2, 0.25) is 0 Å². The summed E-state index contributed by atoms with van der Waals surface area (Å²) in [5.74, 6) is -3.41. The van der Waals surface area contributed by atoms with Gasteiger partial charge in [-0.05, 0) is 72.8 Å². The SMILES string of the molecule is [C-]#[N+]Cc1ccc(C(=O)NC2C(O)OC(CO)C(O)C2O)cc1.[C-]#[N+]Cc1ccc(C(=O)NC2C(O)OC(CO)C(O)C2O)cc1.[C-]#[N+]Cc1ccc(C(=O)NC2C(O)OC(CO)C(O)C2O)cc1.[C-]#[N+]Cc1ccc(C(=O)NC2C(O)OC(CO)C(O)C2O)cc1.[C-]#[N+]Cc1ccc(C(=O)NC2C(O)OC(CO)C(O)C2O)cc1.[C-]#[N+]Cc1ccc(C(=O)NC2C(O)OC(CO)C(O)C2O)cc1.[Tc+7]. The Labute approximate surface area is 807 Å². The van der Waals surface area contributed by atoms with Crippen molar-refractivity contribution in [2.24, 2.45) is 0 Å². The van der Waals surface area contributed by atoms with Crippen LogP contribution in [0.25, 0.3) is 29.1 Å². The van der Waals surface area contributed by atoms with Gasteiger partial charge in [-0.2, -0.15) is 0 Å². The zero-order chi connectivity index (χ0) is 102. The van der Waals surface area contributed by atoms with E-state index in [0.717, 1.165) is 33.4 Å². The van der Waals surface area contributed by atoms with Crippen molar-refractivity contribution < 1.29 is 200 Å². The normalized spacial score (nSPS) is 30.3. The van der Waals surface area contributed by atoms with Gasteiger partial charge in [-0.3, -0.25) is 28.8 Å². The number of aliphatic hydroxyl groups is 24. The van der Waals surface area contributed by atoms with Crippen molar-refractivity contribution in [3.63, 3.8) is 0 Å². The van der Waals surface area contributed by atoms with Gasteiger partial charge in [-0.1, -0.05) is 72.8 Å². The van der Waals surface area contributed by atoms with E-state index in [0.29, 0.717) is 0 Å². The summed E-state index contributed by atoms with van der Waals surface area (Å²) in [6.45, 7) is 38.5. The molecule has 6 amide bonds. The summed E-state index contributed by atoms with van der Waals surface area (Å²) in [4.78, 5) is 92.3. The van der Waals surface area contributed by atoms with Crippen LogP contribution in [-0.4, -0.2) is 382 Å². The first-order valence-corrected chi connectivity index (χ1v) is 42.1. The number of carbonyl (C=O) groups is 6. The van der Waals surface area contributed by atoms with Crippen LogP contribution < -0.4 is 31.9 Å². The molecule has 12 rings (SSSR count). The maximum atomic E-state index is 12.2. The largest absolute Gasteiger partial charge is 7.00 e. The molecule has 49 heteroatoms. The Hall–Kier alpha value is -11.5. The maximum absolute atomic E-state index is 12.2. The summed E-state index contributed by atoms with van der Waals surface area (Å²) in [5, 5.41) is 246. The summed E-state index contributed by atoms with van der Waals surface area (Å²) in [5.41, 5.74) is 6.23. The van der Waals surface area contributed by atoms with Crippen LogP contribution >= 0.6 is 0 Å². The van der Waals surface area contributed by atoms with Crippen molar-refractivity contribution in [2.75, 3.05) is 39.6 Å². The second-order valence-electron chi connectivity index (χ2n) is 31.4. The topological polar surface area (TPSA) is 742 Å². The second kappa shape index (κ2) is 57.3. The first-order chi connectivity index (χ1) is 65.8. The molecule has 6 aromatic carbocycles. The number of ether oxygens (including phenoxy) is 6. The third-order valence-electron chi connectivity index (χ3n) is 22.1. The molecule has 6 aromatic rings. The summed E-state index contributed by atoms with van der Waals surface area (Å²) in [6, 6.07) is 30.4. The number of nitrogens with zero attached hydrogens (tertiary/aromatic N) is 6. The molecule has 0 spiro atoms. The maximum Gasteiger partial charge on any atom is 7.00 e. The van der Waals surface area contributed by atoms with E-state index in [1.807, 2.05) is 0 Å². The van der Waals surface area contributed by atoms with Crippen LogP contribution in [0.15, 0.2) is 146 Å². The van der Waals surface area contributed by atoms with E-state index in [1.165, 1.54) is 72.8 Å². The molecule has 744 valence electrons.